The van der Waals surface area contributed by atoms with E-state index in [1.165, 1.54) is 25.6 Å². The molecule has 0 aromatic carbocycles. The highest BCUT2D eigenvalue weighted by Crippen LogP contribution is 2.18. The summed E-state index contributed by atoms with van der Waals surface area (Å²) in [5.41, 5.74) is 5.09. The number of amides is 4. The molecule has 422 valence electrons. The number of aliphatic hydroxyl groups excluding tert-OH is 1. The van der Waals surface area contributed by atoms with Gasteiger partial charge in [0.2, 0.25) is 23.6 Å². The van der Waals surface area contributed by atoms with Gasteiger partial charge in [-0.3, -0.25) is 43.2 Å². The molecule has 0 aliphatic carbocycles. The highest BCUT2D eigenvalue weighted by molar-refractivity contribution is 7.99. The molecule has 0 heterocycles. The predicted octanol–water partition coefficient (Wildman–Crippen LogP) is 2.70. The van der Waals surface area contributed by atoms with Crippen LogP contribution in [0.25, 0.3) is 0 Å². The van der Waals surface area contributed by atoms with E-state index in [2.05, 4.69) is 21.3 Å². The lowest BCUT2D eigenvalue weighted by Crippen LogP contribution is -2.41. The first kappa shape index (κ1) is 70.7. The topological polar surface area (TPSA) is 342 Å². The largest absolute Gasteiger partial charge is 0.481 e. The number of Topliss-reactive ketones (excluding diaryl/α,β-unsaturated/α-hetero) is 4. The number of nitrogens with one attached hydrogen (secondary N) is 4. The van der Waals surface area contributed by atoms with Crippen LogP contribution >= 0.6 is 11.8 Å². The number of rotatable bonds is 49. The van der Waals surface area contributed by atoms with E-state index in [4.69, 9.17) is 29.8 Å². The van der Waals surface area contributed by atoms with Crippen LogP contribution in [-0.4, -0.2) is 177 Å². The number of thioether (sulfide) groups is 1. The zero-order valence-corrected chi connectivity index (χ0v) is 44.8. The van der Waals surface area contributed by atoms with Crippen LogP contribution < -0.4 is 27.0 Å². The molecule has 0 unspecified atom stereocenters. The first-order chi connectivity index (χ1) is 34.8. The Hall–Kier alpha value is -4.39. The Bertz CT molecular complexity index is 1590. The summed E-state index contributed by atoms with van der Waals surface area (Å²) in [6, 6.07) is -1.41. The second-order valence-corrected chi connectivity index (χ2v) is 18.7. The van der Waals surface area contributed by atoms with E-state index in [0.29, 0.717) is 25.0 Å². The number of aliphatic hydroxyl groups is 1. The van der Waals surface area contributed by atoms with Crippen molar-refractivity contribution in [1.29, 1.82) is 0 Å². The maximum Gasteiger partial charge on any atom is 0.326 e. The van der Waals surface area contributed by atoms with Crippen molar-refractivity contribution in [3.63, 3.8) is 0 Å². The molecule has 0 spiro atoms. The molecule has 23 heteroatoms. The molecule has 4 atom stereocenters. The highest BCUT2D eigenvalue weighted by atomic mass is 32.2. The number of carboxylic acids is 2. The van der Waals surface area contributed by atoms with Crippen LogP contribution in [0.5, 0.6) is 0 Å². The molecule has 0 rings (SSSR count). The lowest BCUT2D eigenvalue weighted by atomic mass is 9.92. The third-order valence-corrected chi connectivity index (χ3v) is 12.2. The Morgan fingerprint density at radius 2 is 1.05 bits per heavy atom. The second kappa shape index (κ2) is 48.5. The van der Waals surface area contributed by atoms with Crippen molar-refractivity contribution in [3.05, 3.63) is 0 Å². The zero-order chi connectivity index (χ0) is 55.1. The molecule has 0 aromatic heterocycles. The van der Waals surface area contributed by atoms with Gasteiger partial charge in [0.05, 0.1) is 51.4 Å². The Labute approximate surface area is 436 Å². The molecule has 0 radical (unpaired) electrons. The number of unbranched alkanes of at least 4 members (excludes halogenated alkanes) is 9. The number of hydrogen-bond acceptors (Lipinski definition) is 17. The molecule has 73 heavy (non-hydrogen) atoms. The Kier molecular flexibility index (Phi) is 47.0. The fourth-order valence-corrected chi connectivity index (χ4v) is 7.48. The lowest BCUT2D eigenvalue weighted by molar-refractivity contribution is -0.142. The smallest absolute Gasteiger partial charge is 0.326 e. The summed E-state index contributed by atoms with van der Waals surface area (Å²) in [6.07, 6.45) is 11.3. The van der Waals surface area contributed by atoms with Crippen LogP contribution in [0.1, 0.15) is 143 Å². The van der Waals surface area contributed by atoms with Gasteiger partial charge >= 0.3 is 11.9 Å². The minimum absolute atomic E-state index is 0.00927. The zero-order valence-electron chi connectivity index (χ0n) is 44.0. The van der Waals surface area contributed by atoms with Gasteiger partial charge < -0.3 is 61.3 Å². The average molecular weight is 1060 g/mol. The Balaban J connectivity index is 0. The summed E-state index contributed by atoms with van der Waals surface area (Å²) in [5.74, 6) is -4.07. The van der Waals surface area contributed by atoms with E-state index in [0.717, 1.165) is 57.8 Å². The van der Waals surface area contributed by atoms with Crippen molar-refractivity contribution in [2.24, 2.45) is 17.6 Å². The van der Waals surface area contributed by atoms with Crippen LogP contribution in [0.2, 0.25) is 0 Å². The monoisotopic (exact) mass is 1060 g/mol. The molecule has 0 aliphatic heterocycles. The number of ether oxygens (including phenoxy) is 4. The van der Waals surface area contributed by atoms with Crippen LogP contribution in [0.3, 0.4) is 0 Å². The molecule has 4 amide bonds. The summed E-state index contributed by atoms with van der Waals surface area (Å²) in [4.78, 5) is 117. The van der Waals surface area contributed by atoms with Crippen LogP contribution in [-0.2, 0) is 66.9 Å². The van der Waals surface area contributed by atoms with Gasteiger partial charge in [0.25, 0.3) is 0 Å². The van der Waals surface area contributed by atoms with Crippen molar-refractivity contribution in [2.45, 2.75) is 155 Å². The van der Waals surface area contributed by atoms with Gasteiger partial charge in [0.1, 0.15) is 42.4 Å². The van der Waals surface area contributed by atoms with E-state index in [1.807, 2.05) is 6.92 Å². The first-order valence-electron chi connectivity index (χ1n) is 25.7. The molecule has 0 saturated heterocycles. The van der Waals surface area contributed by atoms with Crippen LogP contribution in [0.15, 0.2) is 0 Å². The summed E-state index contributed by atoms with van der Waals surface area (Å²) < 4.78 is 21.4. The van der Waals surface area contributed by atoms with E-state index < -0.39 is 23.9 Å². The van der Waals surface area contributed by atoms with Crippen molar-refractivity contribution in [1.82, 2.24) is 21.3 Å². The normalized spacial score (nSPS) is 12.5. The van der Waals surface area contributed by atoms with E-state index in [9.17, 15) is 58.2 Å². The number of hydrogen-bond donors (Lipinski definition) is 8. The van der Waals surface area contributed by atoms with Gasteiger partial charge in [-0.2, -0.15) is 11.8 Å². The van der Waals surface area contributed by atoms with E-state index in [-0.39, 0.29) is 182 Å². The van der Waals surface area contributed by atoms with Crippen molar-refractivity contribution >= 4 is 70.5 Å². The van der Waals surface area contributed by atoms with Crippen molar-refractivity contribution < 1.29 is 82.2 Å². The van der Waals surface area contributed by atoms with Gasteiger partial charge in [-0.25, -0.2) is 4.79 Å². The average Bonchev–Trinajstić information content (AvgIpc) is 3.33. The second-order valence-electron chi connectivity index (χ2n) is 17.6. The molecule has 9 N–H and O–H groups in total. The minimum Gasteiger partial charge on any atom is -0.481 e. The summed E-state index contributed by atoms with van der Waals surface area (Å²) in [5, 5.41) is 38.0. The predicted molar refractivity (Wildman–Crippen MR) is 275 cm³/mol. The fraction of sp³-hybridized carbons (Fsp3) is 0.800. The number of carbonyl (C=O) groups is 10. The SMILES string of the molecule is CC(=O)[C@H](C)N.CC[C@@H](CSCC(=O)NCCNC(=O)COCCOCCNC(=O)COCCOCCCC(=O)CC[C@H](NC(=O)CCCCCCCCCCCCC(=O)O)C(=O)O)C(=O)C[C@@H](CO)C(C)=O. The van der Waals surface area contributed by atoms with Gasteiger partial charge in [-0.05, 0) is 52.9 Å². The molecule has 0 fully saturated rings. The van der Waals surface area contributed by atoms with E-state index in [1.54, 1.807) is 6.92 Å². The third kappa shape index (κ3) is 47.1. The quantitative estimate of drug-likeness (QED) is 0.0406. The maximum absolute atomic E-state index is 12.5. The Morgan fingerprint density at radius 3 is 1.55 bits per heavy atom. The van der Waals surface area contributed by atoms with E-state index >= 15 is 0 Å². The molecule has 0 saturated carbocycles. The molecule has 0 bridgehead atoms. The Morgan fingerprint density at radius 1 is 0.562 bits per heavy atom. The maximum atomic E-state index is 12.5. The standard InChI is InChI=1S/C46H80N4O16S.C4H9NO/c1-3-36(40(54)29-37(30-51)35(2)52)33-67-34-44(58)48-21-20-47-42(56)31-66-28-26-64-24-22-49-43(57)32-65-27-25-63-23-14-15-38(53)18-19-39(46(61)62)50-41(55)16-12-10-8-6-4-5-7-9-11-13-17-45(59)60;1-3(5)4(2)6/h36-37,39,51H,3-34H2,1-2H3,(H,47,56)(H,48,58)(H,49,57)(H,50,55)(H,59,60)(H,61,62);3H,5H2,1-2H3/t36-,37-,39-;3-/m00/s1. The van der Waals surface area contributed by atoms with Gasteiger partial charge in [0, 0.05) is 75.9 Å². The summed E-state index contributed by atoms with van der Waals surface area (Å²) in [7, 11) is 0. The summed E-state index contributed by atoms with van der Waals surface area (Å²) >= 11 is 1.31. The first-order valence-corrected chi connectivity index (χ1v) is 26.8. The fourth-order valence-electron chi connectivity index (χ4n) is 6.37. The van der Waals surface area contributed by atoms with Crippen molar-refractivity contribution in [3.8, 4) is 0 Å². The molecular formula is C50H89N5O17S. The highest BCUT2D eigenvalue weighted by Gasteiger charge is 2.24. The molecule has 22 nitrogen and oxygen atoms in total. The van der Waals surface area contributed by atoms with Crippen LogP contribution in [0, 0.1) is 11.8 Å². The number of nitrogens with two attached hydrogens (primary N) is 1. The van der Waals surface area contributed by atoms with Gasteiger partial charge in [-0.1, -0.05) is 58.3 Å². The number of carboxylic acid groups (broad SMARTS) is 2. The molecule has 0 aromatic rings. The molecule has 0 aliphatic rings. The number of carbonyl (C=O) groups excluding carboxylic acids is 8. The summed E-state index contributed by atoms with van der Waals surface area (Å²) in [6.45, 7) is 7.51. The van der Waals surface area contributed by atoms with Gasteiger partial charge in [0.15, 0.2) is 0 Å². The third-order valence-electron chi connectivity index (χ3n) is 11.1. The lowest BCUT2D eigenvalue weighted by Gasteiger charge is -2.16. The van der Waals surface area contributed by atoms with Gasteiger partial charge in [-0.15, -0.1) is 0 Å². The number of aliphatic carboxylic acids is 2. The minimum atomic E-state index is -1.18. The van der Waals surface area contributed by atoms with Crippen LogP contribution in [0.4, 0.5) is 0 Å². The van der Waals surface area contributed by atoms with Crippen molar-refractivity contribution in [2.75, 3.05) is 90.6 Å². The molecular weight excluding hydrogens is 975 g/mol. The number of ketones is 4.